The molecule has 1 unspecified atom stereocenters. The number of aromatic nitrogens is 1. The van der Waals surface area contributed by atoms with Crippen LogP contribution < -0.4 is 5.32 Å². The van der Waals surface area contributed by atoms with E-state index < -0.39 is 0 Å². The number of rotatable bonds is 5. The molecule has 2 heterocycles. The van der Waals surface area contributed by atoms with Gasteiger partial charge in [0.25, 0.3) is 0 Å². The maximum atomic E-state index is 4.66. The van der Waals surface area contributed by atoms with Crippen molar-refractivity contribution in [3.63, 3.8) is 0 Å². The highest BCUT2D eigenvalue weighted by Gasteiger charge is 2.31. The van der Waals surface area contributed by atoms with Crippen LogP contribution in [0.4, 0.5) is 0 Å². The van der Waals surface area contributed by atoms with E-state index in [-0.39, 0.29) is 0 Å². The van der Waals surface area contributed by atoms with Crippen molar-refractivity contribution in [1.29, 1.82) is 0 Å². The first-order valence-electron chi connectivity index (χ1n) is 7.68. The summed E-state index contributed by atoms with van der Waals surface area (Å²) < 4.78 is 0. The Hall–Kier alpha value is -0.930. The predicted molar refractivity (Wildman–Crippen MR) is 78.0 cm³/mol. The first kappa shape index (κ1) is 13.1. The summed E-state index contributed by atoms with van der Waals surface area (Å²) >= 11 is 0. The van der Waals surface area contributed by atoms with Crippen LogP contribution in [0.5, 0.6) is 0 Å². The van der Waals surface area contributed by atoms with Gasteiger partial charge in [-0.1, -0.05) is 6.07 Å². The second-order valence-electron chi connectivity index (χ2n) is 6.14. The van der Waals surface area contributed by atoms with Crippen molar-refractivity contribution < 1.29 is 0 Å². The highest BCUT2D eigenvalue weighted by Crippen LogP contribution is 2.29. The number of hydrogen-bond donors (Lipinski definition) is 1. The third-order valence-corrected chi connectivity index (χ3v) is 4.27. The molecule has 3 rings (SSSR count). The Morgan fingerprint density at radius 3 is 2.89 bits per heavy atom. The van der Waals surface area contributed by atoms with Crippen LogP contribution >= 0.6 is 0 Å². The van der Waals surface area contributed by atoms with Crippen LogP contribution in [0.25, 0.3) is 0 Å². The first-order chi connectivity index (χ1) is 9.31. The zero-order chi connectivity index (χ0) is 13.1. The van der Waals surface area contributed by atoms with E-state index in [0.29, 0.717) is 0 Å². The molecule has 0 radical (unpaired) electrons. The minimum Gasteiger partial charge on any atom is -0.316 e. The average Bonchev–Trinajstić information content (AvgIpc) is 3.23. The summed E-state index contributed by atoms with van der Waals surface area (Å²) in [6.07, 6.45) is 5.49. The molecule has 104 valence electrons. The van der Waals surface area contributed by atoms with E-state index in [9.17, 15) is 0 Å². The van der Waals surface area contributed by atoms with Gasteiger partial charge >= 0.3 is 0 Å². The van der Waals surface area contributed by atoms with Gasteiger partial charge in [-0.15, -0.1) is 0 Å². The van der Waals surface area contributed by atoms with Crippen molar-refractivity contribution in [2.24, 2.45) is 5.92 Å². The van der Waals surface area contributed by atoms with Crippen LogP contribution in [-0.4, -0.2) is 35.6 Å². The number of aryl methyl sites for hydroxylation is 1. The van der Waals surface area contributed by atoms with Gasteiger partial charge < -0.3 is 5.32 Å². The van der Waals surface area contributed by atoms with Crippen LogP contribution in [0.2, 0.25) is 0 Å². The lowest BCUT2D eigenvalue weighted by Crippen LogP contribution is -2.39. The van der Waals surface area contributed by atoms with Crippen LogP contribution in [-0.2, 0) is 6.54 Å². The fourth-order valence-corrected chi connectivity index (χ4v) is 3.09. The molecule has 1 saturated heterocycles. The number of piperidine rings is 1. The monoisotopic (exact) mass is 259 g/mol. The molecule has 1 aromatic heterocycles. The van der Waals surface area contributed by atoms with Gasteiger partial charge in [0.1, 0.15) is 0 Å². The lowest BCUT2D eigenvalue weighted by Gasteiger charge is -2.30. The molecule has 19 heavy (non-hydrogen) atoms. The van der Waals surface area contributed by atoms with Crippen molar-refractivity contribution >= 4 is 0 Å². The van der Waals surface area contributed by atoms with Crippen molar-refractivity contribution in [2.75, 3.05) is 19.6 Å². The van der Waals surface area contributed by atoms with E-state index in [1.54, 1.807) is 0 Å². The third-order valence-electron chi connectivity index (χ3n) is 4.27. The summed E-state index contributed by atoms with van der Waals surface area (Å²) in [5.74, 6) is 0.833. The molecule has 1 aliphatic carbocycles. The Balaban J connectivity index is 1.60. The maximum absolute atomic E-state index is 4.66. The summed E-state index contributed by atoms with van der Waals surface area (Å²) in [5, 5.41) is 3.53. The smallest absolute Gasteiger partial charge is 0.0547 e. The van der Waals surface area contributed by atoms with Crippen molar-refractivity contribution in [1.82, 2.24) is 15.2 Å². The van der Waals surface area contributed by atoms with Gasteiger partial charge in [-0.3, -0.25) is 9.88 Å². The topological polar surface area (TPSA) is 28.2 Å². The van der Waals surface area contributed by atoms with Gasteiger partial charge in [0.15, 0.2) is 0 Å². The molecular weight excluding hydrogens is 234 g/mol. The fraction of sp³-hybridized carbons (Fsp3) is 0.688. The van der Waals surface area contributed by atoms with Crippen LogP contribution in [0.1, 0.15) is 37.1 Å². The van der Waals surface area contributed by atoms with Crippen molar-refractivity contribution in [3.05, 3.63) is 29.6 Å². The molecule has 3 nitrogen and oxygen atoms in total. The summed E-state index contributed by atoms with van der Waals surface area (Å²) in [4.78, 5) is 7.33. The van der Waals surface area contributed by atoms with Gasteiger partial charge in [-0.25, -0.2) is 0 Å². The third kappa shape index (κ3) is 3.77. The minimum atomic E-state index is 0.823. The van der Waals surface area contributed by atoms with E-state index in [0.717, 1.165) is 24.2 Å². The molecule has 0 bridgehead atoms. The standard InChI is InChI=1S/C16H25N3/c1-13-4-2-6-15(18-13)12-19(16-7-8-16)11-14-5-3-9-17-10-14/h2,4,6,14,16-17H,3,5,7-12H2,1H3. The van der Waals surface area contributed by atoms with E-state index in [1.807, 2.05) is 0 Å². The zero-order valence-corrected chi connectivity index (χ0v) is 11.9. The second kappa shape index (κ2) is 6.02. The molecule has 2 aliphatic rings. The van der Waals surface area contributed by atoms with Crippen LogP contribution in [0.3, 0.4) is 0 Å². The molecule has 1 aromatic rings. The van der Waals surface area contributed by atoms with Crippen molar-refractivity contribution in [2.45, 2.75) is 45.2 Å². The molecule has 0 amide bonds. The molecule has 3 heteroatoms. The van der Waals surface area contributed by atoms with Crippen LogP contribution in [0.15, 0.2) is 18.2 Å². The maximum Gasteiger partial charge on any atom is 0.0547 e. The summed E-state index contributed by atoms with van der Waals surface area (Å²) in [7, 11) is 0. The summed E-state index contributed by atoms with van der Waals surface area (Å²) in [6, 6.07) is 7.20. The highest BCUT2D eigenvalue weighted by molar-refractivity contribution is 5.10. The Labute approximate surface area is 116 Å². The molecule has 1 saturated carbocycles. The highest BCUT2D eigenvalue weighted by atomic mass is 15.2. The van der Waals surface area contributed by atoms with Gasteiger partial charge in [0, 0.05) is 24.8 Å². The Bertz CT molecular complexity index is 408. The lowest BCUT2D eigenvalue weighted by atomic mass is 9.99. The Morgan fingerprint density at radius 2 is 2.21 bits per heavy atom. The van der Waals surface area contributed by atoms with Gasteiger partial charge in [0.2, 0.25) is 0 Å². The molecule has 2 fully saturated rings. The van der Waals surface area contributed by atoms with Crippen molar-refractivity contribution in [3.8, 4) is 0 Å². The molecule has 1 aliphatic heterocycles. The molecule has 0 aromatic carbocycles. The normalized spacial score (nSPS) is 23.8. The average molecular weight is 259 g/mol. The fourth-order valence-electron chi connectivity index (χ4n) is 3.09. The largest absolute Gasteiger partial charge is 0.316 e. The molecule has 0 spiro atoms. The number of pyridine rings is 1. The van der Waals surface area contributed by atoms with Gasteiger partial charge in [0.05, 0.1) is 5.69 Å². The Morgan fingerprint density at radius 1 is 1.32 bits per heavy atom. The van der Waals surface area contributed by atoms with E-state index in [2.05, 4.69) is 40.3 Å². The van der Waals surface area contributed by atoms with Crippen LogP contribution in [0, 0.1) is 12.8 Å². The quantitative estimate of drug-likeness (QED) is 0.880. The summed E-state index contributed by atoms with van der Waals surface area (Å²) in [5.41, 5.74) is 2.36. The SMILES string of the molecule is Cc1cccc(CN(CC2CCCNC2)C2CC2)n1. The second-order valence-corrected chi connectivity index (χ2v) is 6.14. The molecular formula is C16H25N3. The van der Waals surface area contributed by atoms with E-state index in [4.69, 9.17) is 0 Å². The predicted octanol–water partition coefficient (Wildman–Crippen LogP) is 2.35. The molecule has 1 N–H and O–H groups in total. The number of nitrogens with zero attached hydrogens (tertiary/aromatic N) is 2. The van der Waals surface area contributed by atoms with Gasteiger partial charge in [-0.05, 0) is 63.7 Å². The first-order valence-corrected chi connectivity index (χ1v) is 7.68. The summed E-state index contributed by atoms with van der Waals surface area (Å²) in [6.45, 7) is 6.76. The number of hydrogen-bond acceptors (Lipinski definition) is 3. The van der Waals surface area contributed by atoms with E-state index >= 15 is 0 Å². The van der Waals surface area contributed by atoms with Gasteiger partial charge in [-0.2, -0.15) is 0 Å². The van der Waals surface area contributed by atoms with E-state index in [1.165, 1.54) is 51.0 Å². The Kier molecular flexibility index (Phi) is 4.14. The minimum absolute atomic E-state index is 0.823. The zero-order valence-electron chi connectivity index (χ0n) is 11.9. The lowest BCUT2D eigenvalue weighted by molar-refractivity contribution is 0.191. The number of nitrogens with one attached hydrogen (secondary N) is 1. The molecule has 1 atom stereocenters.